The van der Waals surface area contributed by atoms with Crippen LogP contribution in [-0.2, 0) is 0 Å². The van der Waals surface area contributed by atoms with Crippen molar-refractivity contribution < 1.29 is 0 Å². The van der Waals surface area contributed by atoms with Gasteiger partial charge >= 0.3 is 0 Å². The molecule has 0 atom stereocenters. The molecule has 0 aliphatic rings. The van der Waals surface area contributed by atoms with Crippen molar-refractivity contribution in [3.63, 3.8) is 0 Å². The fourth-order valence-electron chi connectivity index (χ4n) is 3.76. The zero-order valence-corrected chi connectivity index (χ0v) is 16.7. The average Bonchev–Trinajstić information content (AvgIpc) is 3.13. The van der Waals surface area contributed by atoms with Crippen molar-refractivity contribution in [3.8, 4) is 16.1 Å². The molecule has 0 radical (unpaired) electrons. The van der Waals surface area contributed by atoms with Gasteiger partial charge in [-0.05, 0) is 53.8 Å². The number of nitrogens with zero attached hydrogens (tertiary/aromatic N) is 1. The first kappa shape index (κ1) is 17.2. The molecular formula is C24H16ClNOS. The predicted molar refractivity (Wildman–Crippen MR) is 120 cm³/mol. The number of thiophene rings is 1. The summed E-state index contributed by atoms with van der Waals surface area (Å²) in [6.45, 7) is 1.90. The highest BCUT2D eigenvalue weighted by molar-refractivity contribution is 7.21. The van der Waals surface area contributed by atoms with Gasteiger partial charge in [-0.25, -0.2) is 0 Å². The van der Waals surface area contributed by atoms with Crippen molar-refractivity contribution in [2.75, 3.05) is 0 Å². The Morgan fingerprint density at radius 1 is 0.893 bits per heavy atom. The molecule has 0 aliphatic heterocycles. The minimum Gasteiger partial charge on any atom is -0.269 e. The normalized spacial score (nSPS) is 11.4. The number of rotatable bonds is 2. The van der Waals surface area contributed by atoms with Gasteiger partial charge in [0.05, 0.1) is 5.52 Å². The largest absolute Gasteiger partial charge is 0.269 e. The third-order valence-corrected chi connectivity index (χ3v) is 6.40. The summed E-state index contributed by atoms with van der Waals surface area (Å²) in [6.07, 6.45) is 0. The maximum Gasteiger partial charge on any atom is 0.259 e. The van der Waals surface area contributed by atoms with Crippen LogP contribution in [0.15, 0.2) is 83.7 Å². The summed E-state index contributed by atoms with van der Waals surface area (Å²) >= 11 is 7.97. The molecular weight excluding hydrogens is 386 g/mol. The lowest BCUT2D eigenvalue weighted by Crippen LogP contribution is -2.21. The van der Waals surface area contributed by atoms with E-state index in [-0.39, 0.29) is 5.56 Å². The van der Waals surface area contributed by atoms with Crippen LogP contribution in [0.5, 0.6) is 0 Å². The number of hydrogen-bond acceptors (Lipinski definition) is 2. The van der Waals surface area contributed by atoms with Crippen LogP contribution < -0.4 is 5.56 Å². The summed E-state index contributed by atoms with van der Waals surface area (Å²) in [4.78, 5) is 13.5. The van der Waals surface area contributed by atoms with Gasteiger partial charge in [-0.3, -0.25) is 9.36 Å². The molecule has 0 saturated heterocycles. The van der Waals surface area contributed by atoms with Gasteiger partial charge in [-0.15, -0.1) is 11.3 Å². The van der Waals surface area contributed by atoms with Gasteiger partial charge in [0.25, 0.3) is 5.56 Å². The topological polar surface area (TPSA) is 22.0 Å². The summed E-state index contributed by atoms with van der Waals surface area (Å²) in [6, 6.07) is 26.0. The van der Waals surface area contributed by atoms with Crippen LogP contribution in [0.3, 0.4) is 0 Å². The Morgan fingerprint density at radius 2 is 1.64 bits per heavy atom. The fraction of sp³-hybridized carbons (Fsp3) is 0.0417. The summed E-state index contributed by atoms with van der Waals surface area (Å²) in [5, 5.41) is 3.70. The van der Waals surface area contributed by atoms with E-state index in [1.54, 1.807) is 11.3 Å². The number of fused-ring (bicyclic) bond motifs is 2. The summed E-state index contributed by atoms with van der Waals surface area (Å²) in [5.41, 5.74) is 3.55. The van der Waals surface area contributed by atoms with Crippen LogP contribution >= 0.6 is 22.9 Å². The third-order valence-electron chi connectivity index (χ3n) is 5.06. The molecule has 2 aromatic heterocycles. The molecule has 28 heavy (non-hydrogen) atoms. The second-order valence-corrected chi connectivity index (χ2v) is 8.29. The van der Waals surface area contributed by atoms with E-state index in [9.17, 15) is 4.79 Å². The number of hydrogen-bond donors (Lipinski definition) is 0. The highest BCUT2D eigenvalue weighted by Crippen LogP contribution is 2.35. The van der Waals surface area contributed by atoms with Gasteiger partial charge in [-0.2, -0.15) is 0 Å². The number of aromatic nitrogens is 1. The van der Waals surface area contributed by atoms with Crippen molar-refractivity contribution >= 4 is 43.9 Å². The van der Waals surface area contributed by atoms with Crippen molar-refractivity contribution in [2.45, 2.75) is 6.92 Å². The van der Waals surface area contributed by atoms with Crippen LogP contribution in [-0.4, -0.2) is 4.57 Å². The number of benzene rings is 3. The van der Waals surface area contributed by atoms with Gasteiger partial charge < -0.3 is 0 Å². The Morgan fingerprint density at radius 3 is 2.43 bits per heavy atom. The molecule has 5 aromatic rings. The molecule has 2 nitrogen and oxygen atoms in total. The first-order chi connectivity index (χ1) is 13.6. The number of pyridine rings is 1. The molecule has 136 valence electrons. The Hall–Kier alpha value is -2.88. The molecule has 3 aromatic carbocycles. The summed E-state index contributed by atoms with van der Waals surface area (Å²) < 4.78 is 2.98. The Labute approximate surface area is 171 Å². The third kappa shape index (κ3) is 2.67. The van der Waals surface area contributed by atoms with Gasteiger partial charge in [0, 0.05) is 20.7 Å². The number of halogens is 1. The molecule has 0 N–H and O–H groups in total. The van der Waals surface area contributed by atoms with Crippen molar-refractivity contribution in [2.24, 2.45) is 0 Å². The summed E-state index contributed by atoms with van der Waals surface area (Å²) in [5.74, 6) is 0. The van der Waals surface area contributed by atoms with E-state index in [0.29, 0.717) is 5.02 Å². The summed E-state index contributed by atoms with van der Waals surface area (Å²) in [7, 11) is 0. The highest BCUT2D eigenvalue weighted by atomic mass is 35.5. The van der Waals surface area contributed by atoms with Crippen molar-refractivity contribution in [3.05, 3.63) is 99.8 Å². The molecule has 4 heteroatoms. The molecule has 0 saturated carbocycles. The van der Waals surface area contributed by atoms with E-state index < -0.39 is 0 Å². The van der Waals surface area contributed by atoms with Gasteiger partial charge in [0.1, 0.15) is 5.00 Å². The lowest BCUT2D eigenvalue weighted by molar-refractivity contribution is 1.05. The zero-order chi connectivity index (χ0) is 19.3. The van der Waals surface area contributed by atoms with Gasteiger partial charge in [-0.1, -0.05) is 60.1 Å². The van der Waals surface area contributed by atoms with Gasteiger partial charge in [0.15, 0.2) is 0 Å². The van der Waals surface area contributed by atoms with Crippen LogP contribution in [0.1, 0.15) is 5.56 Å². The highest BCUT2D eigenvalue weighted by Gasteiger charge is 2.18. The molecule has 0 fully saturated rings. The average molecular weight is 402 g/mol. The smallest absolute Gasteiger partial charge is 0.259 e. The molecule has 0 unspecified atom stereocenters. The Bertz CT molecular complexity index is 1370. The van der Waals surface area contributed by atoms with Gasteiger partial charge in [0.2, 0.25) is 0 Å². The monoisotopic (exact) mass is 401 g/mol. The van der Waals surface area contributed by atoms with E-state index in [1.807, 2.05) is 72.2 Å². The molecule has 0 aliphatic carbocycles. The Balaban J connectivity index is 1.92. The minimum absolute atomic E-state index is 0.000214. The maximum absolute atomic E-state index is 13.5. The van der Waals surface area contributed by atoms with Crippen molar-refractivity contribution in [1.82, 2.24) is 4.57 Å². The quantitative estimate of drug-likeness (QED) is 0.317. The predicted octanol–water partition coefficient (Wildman–Crippen LogP) is 6.83. The molecule has 0 amide bonds. The van der Waals surface area contributed by atoms with E-state index in [0.717, 1.165) is 42.7 Å². The van der Waals surface area contributed by atoms with E-state index in [4.69, 9.17) is 11.6 Å². The van der Waals surface area contributed by atoms with Crippen LogP contribution in [0, 0.1) is 6.92 Å². The first-order valence-electron chi connectivity index (χ1n) is 9.03. The maximum atomic E-state index is 13.5. The second kappa shape index (κ2) is 6.62. The van der Waals surface area contributed by atoms with Crippen LogP contribution in [0.25, 0.3) is 37.1 Å². The van der Waals surface area contributed by atoms with Crippen LogP contribution in [0.4, 0.5) is 0 Å². The lowest BCUT2D eigenvalue weighted by atomic mass is 9.96. The zero-order valence-electron chi connectivity index (χ0n) is 15.1. The Kier molecular flexibility index (Phi) is 4.08. The first-order valence-corrected chi connectivity index (χ1v) is 10.2. The molecule has 5 rings (SSSR count). The molecule has 0 bridgehead atoms. The van der Waals surface area contributed by atoms with Crippen molar-refractivity contribution in [1.29, 1.82) is 0 Å². The minimum atomic E-state index is 0.000214. The van der Waals surface area contributed by atoms with Crippen LogP contribution in [0.2, 0.25) is 5.02 Å². The lowest BCUT2D eigenvalue weighted by Gasteiger charge is -2.16. The molecule has 0 spiro atoms. The fourth-order valence-corrected chi connectivity index (χ4v) is 5.01. The standard InChI is InChI=1S/C24H16ClNOS/c1-15-23(16-7-3-2-4-8-16)19-14-18(25)11-12-20(19)26(24(15)27)22-13-17-9-5-6-10-21(17)28-22/h2-14H,1H3. The van der Waals surface area contributed by atoms with E-state index in [1.165, 1.54) is 0 Å². The second-order valence-electron chi connectivity index (χ2n) is 6.79. The van der Waals surface area contributed by atoms with E-state index >= 15 is 0 Å². The SMILES string of the molecule is Cc1c(-c2ccccc2)c2cc(Cl)ccc2n(-c2cc3ccccc3s2)c1=O. The van der Waals surface area contributed by atoms with E-state index in [2.05, 4.69) is 18.2 Å². The molecule has 2 heterocycles.